The predicted octanol–water partition coefficient (Wildman–Crippen LogP) is 2.04. The van der Waals surface area contributed by atoms with Crippen LogP contribution in [0.3, 0.4) is 0 Å². The van der Waals surface area contributed by atoms with E-state index < -0.39 is 6.10 Å². The molecule has 0 saturated heterocycles. The topological polar surface area (TPSA) is 63.2 Å². The van der Waals surface area contributed by atoms with Crippen molar-refractivity contribution in [3.63, 3.8) is 0 Å². The summed E-state index contributed by atoms with van der Waals surface area (Å²) >= 11 is 3.27. The number of aromatic nitrogens is 1. The highest BCUT2D eigenvalue weighted by atomic mass is 79.9. The average Bonchev–Trinajstić information content (AvgIpc) is 2.35. The van der Waals surface area contributed by atoms with Crippen LogP contribution >= 0.6 is 15.9 Å². The SMILES string of the molecule is CNCC(C(C)C)C1Oc2ccc(Br)nc2NC1=O. The van der Waals surface area contributed by atoms with Crippen molar-refractivity contribution in [3.8, 4) is 5.75 Å². The Balaban J connectivity index is 2.25. The Kier molecular flexibility index (Phi) is 4.42. The fraction of sp³-hybridized carbons (Fsp3) is 0.538. The minimum Gasteiger partial charge on any atom is -0.476 e. The fourth-order valence-electron chi connectivity index (χ4n) is 2.20. The Labute approximate surface area is 121 Å². The molecule has 1 aromatic rings. The Morgan fingerprint density at radius 1 is 1.53 bits per heavy atom. The Morgan fingerprint density at radius 2 is 2.26 bits per heavy atom. The summed E-state index contributed by atoms with van der Waals surface area (Å²) in [7, 11) is 1.88. The van der Waals surface area contributed by atoms with E-state index in [2.05, 4.69) is 45.4 Å². The number of rotatable bonds is 4. The van der Waals surface area contributed by atoms with E-state index in [0.29, 0.717) is 22.1 Å². The molecule has 1 aliphatic rings. The summed E-state index contributed by atoms with van der Waals surface area (Å²) < 4.78 is 6.51. The number of hydrogen-bond acceptors (Lipinski definition) is 4. The summed E-state index contributed by atoms with van der Waals surface area (Å²) in [5.41, 5.74) is 0. The number of halogens is 1. The molecule has 0 saturated carbocycles. The molecule has 2 heterocycles. The number of anilines is 1. The first-order chi connectivity index (χ1) is 9.02. The summed E-state index contributed by atoms with van der Waals surface area (Å²) in [5.74, 6) is 1.42. The maximum Gasteiger partial charge on any atom is 0.267 e. The maximum absolute atomic E-state index is 12.2. The second-order valence-corrected chi connectivity index (χ2v) is 5.79. The number of hydrogen-bond donors (Lipinski definition) is 2. The van der Waals surface area contributed by atoms with Crippen LogP contribution in [-0.2, 0) is 4.79 Å². The molecule has 104 valence electrons. The lowest BCUT2D eigenvalue weighted by molar-refractivity contribution is -0.126. The molecule has 0 radical (unpaired) electrons. The minimum atomic E-state index is -0.483. The van der Waals surface area contributed by atoms with Crippen molar-refractivity contribution in [1.29, 1.82) is 0 Å². The van der Waals surface area contributed by atoms with E-state index in [1.807, 2.05) is 13.1 Å². The average molecular weight is 328 g/mol. The second kappa shape index (κ2) is 5.88. The Hall–Kier alpha value is -1.14. The van der Waals surface area contributed by atoms with Crippen LogP contribution < -0.4 is 15.4 Å². The lowest BCUT2D eigenvalue weighted by Gasteiger charge is -2.33. The summed E-state index contributed by atoms with van der Waals surface area (Å²) in [6.45, 7) is 4.91. The maximum atomic E-state index is 12.2. The molecule has 1 aliphatic heterocycles. The summed E-state index contributed by atoms with van der Waals surface area (Å²) in [6.07, 6.45) is -0.483. The van der Waals surface area contributed by atoms with Crippen molar-refractivity contribution < 1.29 is 9.53 Å². The molecule has 0 aromatic carbocycles. The van der Waals surface area contributed by atoms with Gasteiger partial charge in [-0.2, -0.15) is 0 Å². The van der Waals surface area contributed by atoms with Gasteiger partial charge in [-0.3, -0.25) is 4.79 Å². The van der Waals surface area contributed by atoms with Gasteiger partial charge in [0.1, 0.15) is 4.60 Å². The van der Waals surface area contributed by atoms with Gasteiger partial charge < -0.3 is 15.4 Å². The third-order valence-corrected chi connectivity index (χ3v) is 3.70. The van der Waals surface area contributed by atoms with Gasteiger partial charge in [0.25, 0.3) is 5.91 Å². The Morgan fingerprint density at radius 3 is 2.89 bits per heavy atom. The Bertz CT molecular complexity index is 479. The number of nitrogens with one attached hydrogen (secondary N) is 2. The molecule has 0 fully saturated rings. The van der Waals surface area contributed by atoms with Crippen molar-refractivity contribution in [1.82, 2.24) is 10.3 Å². The molecular weight excluding hydrogens is 310 g/mol. The number of carbonyl (C=O) groups is 1. The molecule has 0 spiro atoms. The molecule has 5 nitrogen and oxygen atoms in total. The molecule has 1 aromatic heterocycles. The smallest absolute Gasteiger partial charge is 0.267 e. The normalized spacial score (nSPS) is 19.6. The van der Waals surface area contributed by atoms with Crippen LogP contribution in [0.15, 0.2) is 16.7 Å². The first-order valence-electron chi connectivity index (χ1n) is 6.31. The lowest BCUT2D eigenvalue weighted by Crippen LogP contribution is -2.47. The van der Waals surface area contributed by atoms with Gasteiger partial charge >= 0.3 is 0 Å². The van der Waals surface area contributed by atoms with Crippen molar-refractivity contribution in [2.45, 2.75) is 20.0 Å². The van der Waals surface area contributed by atoms with Gasteiger partial charge in [-0.15, -0.1) is 0 Å². The molecule has 2 unspecified atom stereocenters. The highest BCUT2D eigenvalue weighted by Crippen LogP contribution is 2.32. The van der Waals surface area contributed by atoms with Crippen molar-refractivity contribution in [3.05, 3.63) is 16.7 Å². The third-order valence-electron chi connectivity index (χ3n) is 3.26. The van der Waals surface area contributed by atoms with Crippen molar-refractivity contribution >= 4 is 27.7 Å². The van der Waals surface area contributed by atoms with Crippen LogP contribution in [0.1, 0.15) is 13.8 Å². The molecule has 1 amide bonds. The van der Waals surface area contributed by atoms with E-state index in [9.17, 15) is 4.79 Å². The van der Waals surface area contributed by atoms with Crippen LogP contribution in [0.4, 0.5) is 5.82 Å². The van der Waals surface area contributed by atoms with Gasteiger partial charge in [0.05, 0.1) is 0 Å². The van der Waals surface area contributed by atoms with Gasteiger partial charge in [0, 0.05) is 12.5 Å². The highest BCUT2D eigenvalue weighted by Gasteiger charge is 2.36. The summed E-state index contributed by atoms with van der Waals surface area (Å²) in [4.78, 5) is 16.4. The largest absolute Gasteiger partial charge is 0.476 e. The molecule has 2 atom stereocenters. The van der Waals surface area contributed by atoms with E-state index in [4.69, 9.17) is 4.74 Å². The van der Waals surface area contributed by atoms with Crippen molar-refractivity contribution in [2.24, 2.45) is 11.8 Å². The zero-order valence-corrected chi connectivity index (χ0v) is 12.8. The number of carbonyl (C=O) groups excluding carboxylic acids is 1. The van der Waals surface area contributed by atoms with E-state index in [-0.39, 0.29) is 11.8 Å². The molecule has 19 heavy (non-hydrogen) atoms. The van der Waals surface area contributed by atoms with Crippen molar-refractivity contribution in [2.75, 3.05) is 18.9 Å². The van der Waals surface area contributed by atoms with E-state index in [1.54, 1.807) is 6.07 Å². The van der Waals surface area contributed by atoms with Crippen LogP contribution in [0.5, 0.6) is 5.75 Å². The van der Waals surface area contributed by atoms with Gasteiger partial charge in [-0.05, 0) is 41.0 Å². The number of pyridine rings is 1. The van der Waals surface area contributed by atoms with Gasteiger partial charge in [0.15, 0.2) is 17.7 Å². The monoisotopic (exact) mass is 327 g/mol. The summed E-state index contributed by atoms with van der Waals surface area (Å²) in [5, 5.41) is 5.93. The highest BCUT2D eigenvalue weighted by molar-refractivity contribution is 9.10. The minimum absolute atomic E-state index is 0.113. The predicted molar refractivity (Wildman–Crippen MR) is 77.2 cm³/mol. The zero-order valence-electron chi connectivity index (χ0n) is 11.2. The van der Waals surface area contributed by atoms with Gasteiger partial charge in [-0.25, -0.2) is 4.98 Å². The van der Waals surface area contributed by atoms with Crippen LogP contribution in [0, 0.1) is 11.8 Å². The lowest BCUT2D eigenvalue weighted by atomic mass is 9.89. The number of fused-ring (bicyclic) bond motifs is 1. The van der Waals surface area contributed by atoms with Crippen LogP contribution in [0.2, 0.25) is 0 Å². The van der Waals surface area contributed by atoms with Gasteiger partial charge in [0.2, 0.25) is 0 Å². The first-order valence-corrected chi connectivity index (χ1v) is 7.11. The first kappa shape index (κ1) is 14.3. The van der Waals surface area contributed by atoms with Gasteiger partial charge in [-0.1, -0.05) is 13.8 Å². The molecule has 2 rings (SSSR count). The number of nitrogens with zero attached hydrogens (tertiary/aromatic N) is 1. The zero-order chi connectivity index (χ0) is 14.0. The summed E-state index contributed by atoms with van der Waals surface area (Å²) in [6, 6.07) is 3.62. The standard InChI is InChI=1S/C13H18BrN3O2/c1-7(2)8(6-15-3)11-13(18)17-12-9(19-11)4-5-10(14)16-12/h4-5,7-8,11,15H,6H2,1-3H3,(H,16,17,18). The second-order valence-electron chi connectivity index (χ2n) is 4.97. The van der Waals surface area contributed by atoms with E-state index in [0.717, 1.165) is 6.54 Å². The quantitative estimate of drug-likeness (QED) is 0.831. The van der Waals surface area contributed by atoms with E-state index in [1.165, 1.54) is 0 Å². The third kappa shape index (κ3) is 3.06. The molecule has 0 bridgehead atoms. The molecule has 2 N–H and O–H groups in total. The fourth-order valence-corrected chi connectivity index (χ4v) is 2.50. The van der Waals surface area contributed by atoms with E-state index >= 15 is 0 Å². The number of ether oxygens (including phenoxy) is 1. The number of amides is 1. The molecule has 0 aliphatic carbocycles. The van der Waals surface area contributed by atoms with Crippen LogP contribution in [0.25, 0.3) is 0 Å². The van der Waals surface area contributed by atoms with Crippen LogP contribution in [-0.4, -0.2) is 30.6 Å². The molecule has 6 heteroatoms. The molecular formula is C13H18BrN3O2.